The molecule has 1 rings (SSSR count). The van der Waals surface area contributed by atoms with Crippen molar-refractivity contribution in [3.8, 4) is 0 Å². The molecule has 0 aromatic heterocycles. The molecule has 2 amide bonds. The van der Waals surface area contributed by atoms with Crippen LogP contribution in [0.5, 0.6) is 0 Å². The van der Waals surface area contributed by atoms with Crippen molar-refractivity contribution < 1.29 is 14.6 Å². The molecule has 1 unspecified atom stereocenters. The predicted octanol–water partition coefficient (Wildman–Crippen LogP) is 0.779. The third-order valence-electron chi connectivity index (χ3n) is 3.13. The molecule has 0 radical (unpaired) electrons. The summed E-state index contributed by atoms with van der Waals surface area (Å²) in [6, 6.07) is 0.0302. The molecule has 0 saturated carbocycles. The number of carbonyl (C=O) groups is 1. The van der Waals surface area contributed by atoms with Gasteiger partial charge in [0.05, 0.1) is 13.2 Å². The van der Waals surface area contributed by atoms with Crippen molar-refractivity contribution >= 4 is 6.03 Å². The van der Waals surface area contributed by atoms with E-state index in [1.807, 2.05) is 4.90 Å². The van der Waals surface area contributed by atoms with E-state index in [0.29, 0.717) is 25.6 Å². The number of urea groups is 1. The number of carbonyl (C=O) groups excluding carboxylic acids is 1. The quantitative estimate of drug-likeness (QED) is 0.777. The fraction of sp³-hybridized carbons (Fsp3) is 0.917. The zero-order chi connectivity index (χ0) is 12.7. The topological polar surface area (TPSA) is 53.0 Å². The first-order valence-electron chi connectivity index (χ1n) is 6.32. The Balaban J connectivity index is 2.50. The second-order valence-electron chi connectivity index (χ2n) is 4.68. The number of aliphatic hydroxyl groups is 1. The normalized spacial score (nSPS) is 20.4. The van der Waals surface area contributed by atoms with E-state index in [4.69, 9.17) is 9.84 Å². The summed E-state index contributed by atoms with van der Waals surface area (Å²) in [4.78, 5) is 15.8. The molecule has 1 heterocycles. The highest BCUT2D eigenvalue weighted by atomic mass is 16.5. The zero-order valence-corrected chi connectivity index (χ0v) is 10.9. The van der Waals surface area contributed by atoms with Crippen molar-refractivity contribution in [2.75, 3.05) is 46.5 Å². The number of rotatable bonds is 5. The maximum atomic E-state index is 12.2. The van der Waals surface area contributed by atoms with Gasteiger partial charge in [-0.05, 0) is 18.8 Å². The maximum absolute atomic E-state index is 12.2. The van der Waals surface area contributed by atoms with Gasteiger partial charge in [0.15, 0.2) is 0 Å². The van der Waals surface area contributed by atoms with E-state index in [1.54, 1.807) is 12.0 Å². The van der Waals surface area contributed by atoms with Crippen molar-refractivity contribution in [3.63, 3.8) is 0 Å². The molecule has 1 aliphatic rings. The molecule has 1 saturated heterocycles. The van der Waals surface area contributed by atoms with Crippen LogP contribution in [0.2, 0.25) is 0 Å². The monoisotopic (exact) mass is 244 g/mol. The van der Waals surface area contributed by atoms with Gasteiger partial charge < -0.3 is 19.6 Å². The van der Waals surface area contributed by atoms with Gasteiger partial charge in [-0.25, -0.2) is 4.79 Å². The number of amides is 2. The van der Waals surface area contributed by atoms with Gasteiger partial charge in [-0.1, -0.05) is 6.92 Å². The Hall–Kier alpha value is -0.810. The Labute approximate surface area is 103 Å². The van der Waals surface area contributed by atoms with Gasteiger partial charge in [-0.15, -0.1) is 0 Å². The molecule has 1 aliphatic heterocycles. The summed E-state index contributed by atoms with van der Waals surface area (Å²) in [5.74, 6) is 0.575. The summed E-state index contributed by atoms with van der Waals surface area (Å²) < 4.78 is 4.98. The fourth-order valence-corrected chi connectivity index (χ4v) is 2.19. The van der Waals surface area contributed by atoms with E-state index in [1.165, 1.54) is 6.42 Å². The molecule has 17 heavy (non-hydrogen) atoms. The van der Waals surface area contributed by atoms with Crippen LogP contribution in [-0.2, 0) is 4.74 Å². The van der Waals surface area contributed by atoms with Gasteiger partial charge in [0.2, 0.25) is 0 Å². The summed E-state index contributed by atoms with van der Waals surface area (Å²) in [6.45, 7) is 5.26. The van der Waals surface area contributed by atoms with Crippen LogP contribution in [0.15, 0.2) is 0 Å². The van der Waals surface area contributed by atoms with Gasteiger partial charge in [-0.3, -0.25) is 0 Å². The minimum atomic E-state index is -0.00114. The highest BCUT2D eigenvalue weighted by Crippen LogP contribution is 2.16. The molecule has 0 spiro atoms. The largest absolute Gasteiger partial charge is 0.395 e. The Bertz CT molecular complexity index is 236. The fourth-order valence-electron chi connectivity index (χ4n) is 2.19. The van der Waals surface area contributed by atoms with Gasteiger partial charge in [0.25, 0.3) is 0 Å². The number of methoxy groups -OCH3 is 1. The number of hydrogen-bond donors (Lipinski definition) is 1. The van der Waals surface area contributed by atoms with Gasteiger partial charge in [0.1, 0.15) is 0 Å². The number of nitrogens with zero attached hydrogens (tertiary/aromatic N) is 2. The number of likely N-dealkylation sites (tertiary alicyclic amines) is 1. The third kappa shape index (κ3) is 4.52. The zero-order valence-electron chi connectivity index (χ0n) is 10.9. The molecule has 5 heteroatoms. The first-order chi connectivity index (χ1) is 8.19. The third-order valence-corrected chi connectivity index (χ3v) is 3.13. The lowest BCUT2D eigenvalue weighted by Gasteiger charge is -2.35. The molecule has 0 aromatic carbocycles. The first kappa shape index (κ1) is 14.3. The summed E-state index contributed by atoms with van der Waals surface area (Å²) in [5.41, 5.74) is 0. The van der Waals surface area contributed by atoms with E-state index in [-0.39, 0.29) is 12.6 Å². The van der Waals surface area contributed by atoms with Gasteiger partial charge >= 0.3 is 6.03 Å². The average molecular weight is 244 g/mol. The van der Waals surface area contributed by atoms with Crippen LogP contribution in [0.4, 0.5) is 4.79 Å². The van der Waals surface area contributed by atoms with E-state index < -0.39 is 0 Å². The molecule has 1 fully saturated rings. The van der Waals surface area contributed by atoms with E-state index in [2.05, 4.69) is 6.92 Å². The number of hydrogen-bond acceptors (Lipinski definition) is 3. The lowest BCUT2D eigenvalue weighted by atomic mass is 10.0. The van der Waals surface area contributed by atoms with Crippen molar-refractivity contribution in [1.29, 1.82) is 0 Å². The summed E-state index contributed by atoms with van der Waals surface area (Å²) in [7, 11) is 1.62. The van der Waals surface area contributed by atoms with Crippen LogP contribution in [0, 0.1) is 5.92 Å². The van der Waals surface area contributed by atoms with Crippen LogP contribution in [-0.4, -0.2) is 67.4 Å². The average Bonchev–Trinajstić information content (AvgIpc) is 2.33. The number of ether oxygens (including phenoxy) is 1. The molecule has 1 atom stereocenters. The minimum Gasteiger partial charge on any atom is -0.395 e. The summed E-state index contributed by atoms with van der Waals surface area (Å²) >= 11 is 0. The Morgan fingerprint density at radius 3 is 2.88 bits per heavy atom. The lowest BCUT2D eigenvalue weighted by molar-refractivity contribution is 0.102. The number of aliphatic hydroxyl groups excluding tert-OH is 1. The van der Waals surface area contributed by atoms with Gasteiger partial charge in [-0.2, -0.15) is 0 Å². The standard InChI is InChI=1S/C12H24N2O3/c1-11-4-3-5-14(10-11)12(16)13(6-8-15)7-9-17-2/h11,15H,3-10H2,1-2H3. The Kier molecular flexibility index (Phi) is 6.29. The molecular weight excluding hydrogens is 220 g/mol. The number of piperidine rings is 1. The van der Waals surface area contributed by atoms with Crippen LogP contribution in [0.25, 0.3) is 0 Å². The van der Waals surface area contributed by atoms with Crippen LogP contribution in [0.3, 0.4) is 0 Å². The van der Waals surface area contributed by atoms with Crippen molar-refractivity contribution in [3.05, 3.63) is 0 Å². The van der Waals surface area contributed by atoms with E-state index in [0.717, 1.165) is 19.5 Å². The first-order valence-corrected chi connectivity index (χ1v) is 6.32. The van der Waals surface area contributed by atoms with Crippen molar-refractivity contribution in [2.45, 2.75) is 19.8 Å². The van der Waals surface area contributed by atoms with Crippen LogP contribution in [0.1, 0.15) is 19.8 Å². The second-order valence-corrected chi connectivity index (χ2v) is 4.68. The molecule has 0 aliphatic carbocycles. The van der Waals surface area contributed by atoms with Crippen molar-refractivity contribution in [1.82, 2.24) is 9.80 Å². The molecule has 1 N–H and O–H groups in total. The lowest BCUT2D eigenvalue weighted by Crippen LogP contribution is -2.48. The van der Waals surface area contributed by atoms with E-state index in [9.17, 15) is 4.79 Å². The summed E-state index contributed by atoms with van der Waals surface area (Å²) in [5, 5.41) is 8.98. The SMILES string of the molecule is COCCN(CCO)C(=O)N1CCCC(C)C1. The molecular formula is C12H24N2O3. The minimum absolute atomic E-state index is 0.00114. The highest BCUT2D eigenvalue weighted by molar-refractivity contribution is 5.74. The highest BCUT2D eigenvalue weighted by Gasteiger charge is 2.24. The molecule has 5 nitrogen and oxygen atoms in total. The molecule has 100 valence electrons. The summed E-state index contributed by atoms with van der Waals surface area (Å²) in [6.07, 6.45) is 2.27. The smallest absolute Gasteiger partial charge is 0.320 e. The van der Waals surface area contributed by atoms with Gasteiger partial charge in [0, 0.05) is 33.3 Å². The second kappa shape index (κ2) is 7.50. The van der Waals surface area contributed by atoms with Crippen molar-refractivity contribution in [2.24, 2.45) is 5.92 Å². The van der Waals surface area contributed by atoms with E-state index >= 15 is 0 Å². The molecule has 0 aromatic rings. The van der Waals surface area contributed by atoms with Crippen LogP contribution < -0.4 is 0 Å². The Morgan fingerprint density at radius 1 is 1.53 bits per heavy atom. The Morgan fingerprint density at radius 2 is 2.29 bits per heavy atom. The maximum Gasteiger partial charge on any atom is 0.320 e. The molecule has 0 bridgehead atoms. The predicted molar refractivity (Wildman–Crippen MR) is 65.9 cm³/mol. The van der Waals surface area contributed by atoms with Crippen LogP contribution >= 0.6 is 0 Å².